The molecular formula is C7H13NO3. The number of allylic oxidation sites excluding steroid dienone is 1. The Morgan fingerprint density at radius 2 is 2.45 bits per heavy atom. The minimum absolute atomic E-state index is 0.178. The molecule has 0 fully saturated rings. The smallest absolute Gasteiger partial charge is 0.406 e. The number of nitrogens with one attached hydrogen (secondary N) is 1. The van der Waals surface area contributed by atoms with Crippen molar-refractivity contribution in [1.29, 1.82) is 0 Å². The fraction of sp³-hybridized carbons (Fsp3) is 0.571. The monoisotopic (exact) mass is 159 g/mol. The van der Waals surface area contributed by atoms with Crippen molar-refractivity contribution in [3.63, 3.8) is 0 Å². The summed E-state index contributed by atoms with van der Waals surface area (Å²) in [6.07, 6.45) is 2.12. The fourth-order valence-corrected chi connectivity index (χ4v) is 0.550. The number of amides is 1. The van der Waals surface area contributed by atoms with E-state index in [2.05, 4.69) is 10.1 Å². The van der Waals surface area contributed by atoms with Crippen molar-refractivity contribution in [1.82, 2.24) is 5.32 Å². The van der Waals surface area contributed by atoms with Gasteiger partial charge in [0.2, 0.25) is 0 Å². The van der Waals surface area contributed by atoms with Crippen LogP contribution in [0.1, 0.15) is 6.92 Å². The van der Waals surface area contributed by atoms with Crippen molar-refractivity contribution >= 4 is 6.09 Å². The summed E-state index contributed by atoms with van der Waals surface area (Å²) in [6.45, 7) is 1.97. The largest absolute Gasteiger partial charge is 0.453 e. The number of methoxy groups -OCH3 is 1. The zero-order valence-corrected chi connectivity index (χ0v) is 6.70. The number of hydrogen-bond acceptors (Lipinski definition) is 3. The van der Waals surface area contributed by atoms with Gasteiger partial charge in [-0.15, -0.1) is 0 Å². The van der Waals surface area contributed by atoms with Crippen LogP contribution < -0.4 is 5.32 Å². The zero-order chi connectivity index (χ0) is 8.69. The van der Waals surface area contributed by atoms with E-state index in [9.17, 15) is 4.79 Å². The number of aliphatic hydroxyl groups excluding tert-OH is 1. The van der Waals surface area contributed by atoms with Gasteiger partial charge in [-0.1, -0.05) is 12.2 Å². The van der Waals surface area contributed by atoms with Gasteiger partial charge in [-0.2, -0.15) is 0 Å². The van der Waals surface area contributed by atoms with Crippen molar-refractivity contribution in [3.05, 3.63) is 12.2 Å². The molecule has 0 saturated carbocycles. The van der Waals surface area contributed by atoms with Gasteiger partial charge in [0.15, 0.2) is 0 Å². The first-order valence-corrected chi connectivity index (χ1v) is 3.33. The predicted octanol–water partition coefficient (Wildman–Crippen LogP) is 0.279. The third-order valence-corrected chi connectivity index (χ3v) is 1.06. The quantitative estimate of drug-likeness (QED) is 0.581. The van der Waals surface area contributed by atoms with Gasteiger partial charge in [-0.3, -0.25) is 0 Å². The molecule has 0 bridgehead atoms. The molecule has 0 saturated heterocycles. The fourth-order valence-electron chi connectivity index (χ4n) is 0.550. The third-order valence-electron chi connectivity index (χ3n) is 1.06. The highest BCUT2D eigenvalue weighted by atomic mass is 16.5. The van der Waals surface area contributed by atoms with E-state index < -0.39 is 12.2 Å². The Morgan fingerprint density at radius 1 is 1.82 bits per heavy atom. The van der Waals surface area contributed by atoms with Gasteiger partial charge in [0.1, 0.15) is 0 Å². The number of aliphatic hydroxyl groups is 1. The van der Waals surface area contributed by atoms with Crippen LogP contribution in [0, 0.1) is 0 Å². The minimum atomic E-state index is -0.640. The SMILES string of the molecule is CC=CC(O)CNC(=O)OC. The van der Waals surface area contributed by atoms with Gasteiger partial charge in [0.25, 0.3) is 0 Å². The lowest BCUT2D eigenvalue weighted by molar-refractivity contribution is 0.160. The summed E-state index contributed by atoms with van der Waals surface area (Å²) in [4.78, 5) is 10.5. The van der Waals surface area contributed by atoms with E-state index in [1.807, 2.05) is 0 Å². The number of rotatable bonds is 3. The van der Waals surface area contributed by atoms with Crippen LogP contribution in [0.3, 0.4) is 0 Å². The molecular weight excluding hydrogens is 146 g/mol. The topological polar surface area (TPSA) is 58.6 Å². The molecule has 64 valence electrons. The molecule has 0 aromatic rings. The molecule has 0 spiro atoms. The standard InChI is InChI=1S/C7H13NO3/c1-3-4-6(9)5-8-7(10)11-2/h3-4,6,9H,5H2,1-2H3,(H,8,10). The van der Waals surface area contributed by atoms with Crippen LogP contribution in [-0.4, -0.2) is 31.0 Å². The number of hydrogen-bond donors (Lipinski definition) is 2. The summed E-state index contributed by atoms with van der Waals surface area (Å²) in [5.74, 6) is 0. The minimum Gasteiger partial charge on any atom is -0.453 e. The van der Waals surface area contributed by atoms with Gasteiger partial charge in [-0.05, 0) is 6.92 Å². The van der Waals surface area contributed by atoms with E-state index in [1.165, 1.54) is 7.11 Å². The summed E-state index contributed by atoms with van der Waals surface area (Å²) >= 11 is 0. The molecule has 0 radical (unpaired) electrons. The molecule has 0 aliphatic carbocycles. The molecule has 1 atom stereocenters. The van der Waals surface area contributed by atoms with E-state index in [4.69, 9.17) is 5.11 Å². The average molecular weight is 159 g/mol. The summed E-state index contributed by atoms with van der Waals surface area (Å²) < 4.78 is 4.29. The lowest BCUT2D eigenvalue weighted by atomic mass is 10.3. The third kappa shape index (κ3) is 5.42. The molecule has 0 aliphatic heterocycles. The maximum atomic E-state index is 10.5. The second kappa shape index (κ2) is 5.73. The van der Waals surface area contributed by atoms with E-state index in [0.717, 1.165) is 0 Å². The van der Waals surface area contributed by atoms with E-state index >= 15 is 0 Å². The van der Waals surface area contributed by atoms with Gasteiger partial charge in [0.05, 0.1) is 19.8 Å². The van der Waals surface area contributed by atoms with Crippen LogP contribution in [0.2, 0.25) is 0 Å². The van der Waals surface area contributed by atoms with Crippen LogP contribution in [0.15, 0.2) is 12.2 Å². The average Bonchev–Trinajstić information content (AvgIpc) is 2.01. The first-order valence-electron chi connectivity index (χ1n) is 3.33. The Labute approximate surface area is 65.9 Å². The number of carbonyl (C=O) groups is 1. The van der Waals surface area contributed by atoms with Crippen LogP contribution in [-0.2, 0) is 4.74 Å². The highest BCUT2D eigenvalue weighted by Crippen LogP contribution is 1.83. The lowest BCUT2D eigenvalue weighted by Crippen LogP contribution is -2.30. The van der Waals surface area contributed by atoms with Crippen molar-refractivity contribution in [2.75, 3.05) is 13.7 Å². The molecule has 4 nitrogen and oxygen atoms in total. The molecule has 4 heteroatoms. The molecule has 0 aromatic heterocycles. The highest BCUT2D eigenvalue weighted by Gasteiger charge is 2.01. The maximum Gasteiger partial charge on any atom is 0.406 e. The Balaban J connectivity index is 3.45. The first-order chi connectivity index (χ1) is 5.20. The van der Waals surface area contributed by atoms with Crippen LogP contribution in [0.25, 0.3) is 0 Å². The highest BCUT2D eigenvalue weighted by molar-refractivity contribution is 5.66. The first kappa shape index (κ1) is 9.97. The molecule has 1 unspecified atom stereocenters. The molecule has 0 aliphatic rings. The second-order valence-electron chi connectivity index (χ2n) is 1.97. The Morgan fingerprint density at radius 3 is 2.91 bits per heavy atom. The molecule has 0 rings (SSSR count). The lowest BCUT2D eigenvalue weighted by Gasteiger charge is -2.05. The summed E-state index contributed by atoms with van der Waals surface area (Å²) in [6, 6.07) is 0. The van der Waals surface area contributed by atoms with Crippen molar-refractivity contribution in [2.24, 2.45) is 0 Å². The molecule has 1 amide bonds. The zero-order valence-electron chi connectivity index (χ0n) is 6.70. The molecule has 0 aromatic carbocycles. The predicted molar refractivity (Wildman–Crippen MR) is 41.2 cm³/mol. The van der Waals surface area contributed by atoms with Crippen LogP contribution >= 0.6 is 0 Å². The summed E-state index contributed by atoms with van der Waals surface area (Å²) in [7, 11) is 1.28. The van der Waals surface area contributed by atoms with Crippen LogP contribution in [0.4, 0.5) is 4.79 Å². The number of carbonyl (C=O) groups excluding carboxylic acids is 1. The molecule has 11 heavy (non-hydrogen) atoms. The normalized spacial score (nSPS) is 13.0. The Hall–Kier alpha value is -1.03. The van der Waals surface area contributed by atoms with Crippen molar-refractivity contribution in [3.8, 4) is 0 Å². The Bertz CT molecular complexity index is 145. The van der Waals surface area contributed by atoms with Crippen LogP contribution in [0.5, 0.6) is 0 Å². The molecule has 2 N–H and O–H groups in total. The number of alkyl carbamates (subject to hydrolysis) is 1. The number of ether oxygens (including phenoxy) is 1. The van der Waals surface area contributed by atoms with E-state index in [0.29, 0.717) is 0 Å². The van der Waals surface area contributed by atoms with Gasteiger partial charge >= 0.3 is 6.09 Å². The van der Waals surface area contributed by atoms with Gasteiger partial charge in [0, 0.05) is 0 Å². The van der Waals surface area contributed by atoms with Crippen molar-refractivity contribution in [2.45, 2.75) is 13.0 Å². The van der Waals surface area contributed by atoms with Gasteiger partial charge in [-0.25, -0.2) is 4.79 Å². The maximum absolute atomic E-state index is 10.5. The molecule has 0 heterocycles. The van der Waals surface area contributed by atoms with Crippen molar-refractivity contribution < 1.29 is 14.6 Å². The second-order valence-corrected chi connectivity index (χ2v) is 1.97. The van der Waals surface area contributed by atoms with Gasteiger partial charge < -0.3 is 15.2 Å². The summed E-state index contributed by atoms with van der Waals surface area (Å²) in [5, 5.41) is 11.4. The summed E-state index contributed by atoms with van der Waals surface area (Å²) in [5.41, 5.74) is 0. The van der Waals surface area contributed by atoms with E-state index in [1.54, 1.807) is 19.1 Å². The van der Waals surface area contributed by atoms with E-state index in [-0.39, 0.29) is 6.54 Å². The Kier molecular flexibility index (Phi) is 5.20.